The Hall–Kier alpha value is -6.46. The molecular weight excluding hydrogens is 960 g/mol. The van der Waals surface area contributed by atoms with Gasteiger partial charge in [-0.25, -0.2) is 4.79 Å². The van der Waals surface area contributed by atoms with Gasteiger partial charge in [0, 0.05) is 55.8 Å². The van der Waals surface area contributed by atoms with Gasteiger partial charge >= 0.3 is 12.1 Å². The van der Waals surface area contributed by atoms with Crippen molar-refractivity contribution < 1.29 is 33.4 Å². The standard InChI is InChI=1S/C63H75ClN4O7/c1-7-42(2)57(65-62(73)74-41-52-50-32-20-18-30-48(50)49-31-19-21-33-51(49)52)60(71)68(6)58(45-26-16-17-27-45)61(72)67(5)55(59(70)66(3)4)40-56(69)75-63(46-28-14-11-15-29-46,53-34-22-23-35-54(53)64)47-38-36-44(37-39-47)43-24-12-9-8-10-13-25-43/h11,14-15,18-23,28-39,42-43,45,52,55,57-58H,7-10,12-13,16-17,24-27,40-41H2,1-6H3,(H,65,73)/t42-,55-,57-,58-,63?/m0/s1. The summed E-state index contributed by atoms with van der Waals surface area (Å²) in [5.74, 6) is -2.44. The van der Waals surface area contributed by atoms with Crippen molar-refractivity contribution in [2.45, 2.75) is 133 Å². The summed E-state index contributed by atoms with van der Waals surface area (Å²) in [6.07, 6.45) is 10.8. The van der Waals surface area contributed by atoms with Crippen LogP contribution in [0.2, 0.25) is 5.02 Å². The van der Waals surface area contributed by atoms with Crippen molar-refractivity contribution in [2.24, 2.45) is 11.8 Å². The first-order valence-corrected chi connectivity index (χ1v) is 27.6. The Bertz CT molecular complexity index is 2730. The predicted molar refractivity (Wildman–Crippen MR) is 295 cm³/mol. The molecular formula is C63H75ClN4O7. The zero-order chi connectivity index (χ0) is 53.2. The summed E-state index contributed by atoms with van der Waals surface area (Å²) in [6, 6.07) is 38.1. The molecule has 396 valence electrons. The molecule has 2 fully saturated rings. The molecule has 0 aromatic heterocycles. The van der Waals surface area contributed by atoms with Crippen LogP contribution in [0.1, 0.15) is 143 Å². The molecule has 4 amide bonds. The third-order valence-electron chi connectivity index (χ3n) is 16.5. The Morgan fingerprint density at radius 3 is 1.79 bits per heavy atom. The van der Waals surface area contributed by atoms with Gasteiger partial charge in [-0.15, -0.1) is 0 Å². The Kier molecular flexibility index (Phi) is 18.2. The number of carbonyl (C=O) groups is 5. The molecule has 1 N–H and O–H groups in total. The molecule has 3 aliphatic rings. The van der Waals surface area contributed by atoms with Crippen molar-refractivity contribution in [3.8, 4) is 11.1 Å². The Morgan fingerprint density at radius 2 is 1.19 bits per heavy atom. The maximum atomic E-state index is 15.3. The van der Waals surface area contributed by atoms with Crippen LogP contribution in [0.4, 0.5) is 4.79 Å². The van der Waals surface area contributed by atoms with E-state index in [9.17, 15) is 14.4 Å². The van der Waals surface area contributed by atoms with E-state index >= 15 is 9.59 Å². The molecule has 0 aliphatic heterocycles. The minimum atomic E-state index is -1.55. The van der Waals surface area contributed by atoms with Crippen molar-refractivity contribution in [1.29, 1.82) is 0 Å². The first-order valence-electron chi connectivity index (χ1n) is 27.2. The summed E-state index contributed by atoms with van der Waals surface area (Å²) >= 11 is 7.11. The van der Waals surface area contributed by atoms with E-state index in [1.807, 2.05) is 98.8 Å². The van der Waals surface area contributed by atoms with Gasteiger partial charge in [0.05, 0.1) is 6.42 Å². The highest BCUT2D eigenvalue weighted by Gasteiger charge is 2.46. The first kappa shape index (κ1) is 54.8. The molecule has 0 bridgehead atoms. The summed E-state index contributed by atoms with van der Waals surface area (Å²) < 4.78 is 12.8. The summed E-state index contributed by atoms with van der Waals surface area (Å²) in [6.45, 7) is 3.91. The fourth-order valence-corrected chi connectivity index (χ4v) is 12.3. The van der Waals surface area contributed by atoms with Gasteiger partial charge in [0.1, 0.15) is 24.7 Å². The molecule has 0 heterocycles. The van der Waals surface area contributed by atoms with Crippen LogP contribution in [0.3, 0.4) is 0 Å². The van der Waals surface area contributed by atoms with Crippen LogP contribution in [-0.4, -0.2) is 97.4 Å². The number of rotatable bonds is 18. The number of fused-ring (bicyclic) bond motifs is 3. The topological polar surface area (TPSA) is 126 Å². The summed E-state index contributed by atoms with van der Waals surface area (Å²) in [7, 11) is 6.30. The number of alkyl carbamates (subject to hydrolysis) is 1. The number of carbonyl (C=O) groups excluding carboxylic acids is 5. The number of likely N-dealkylation sites (N-methyl/N-ethyl adjacent to an activating group) is 3. The molecule has 75 heavy (non-hydrogen) atoms. The molecule has 5 atom stereocenters. The molecule has 5 aromatic carbocycles. The average molecular weight is 1040 g/mol. The van der Waals surface area contributed by atoms with Gasteiger partial charge in [-0.2, -0.15) is 0 Å². The lowest BCUT2D eigenvalue weighted by atomic mass is 9.78. The third kappa shape index (κ3) is 12.0. The second kappa shape index (κ2) is 24.9. The van der Waals surface area contributed by atoms with E-state index in [1.165, 1.54) is 59.4 Å². The van der Waals surface area contributed by atoms with Crippen molar-refractivity contribution in [2.75, 3.05) is 34.8 Å². The number of ether oxygens (including phenoxy) is 2. The smallest absolute Gasteiger partial charge is 0.407 e. The maximum Gasteiger partial charge on any atom is 0.407 e. The highest BCUT2D eigenvalue weighted by Crippen LogP contribution is 2.46. The second-order valence-electron chi connectivity index (χ2n) is 21.3. The Labute approximate surface area is 449 Å². The van der Waals surface area contributed by atoms with E-state index < -0.39 is 59.9 Å². The van der Waals surface area contributed by atoms with Crippen LogP contribution in [0.25, 0.3) is 11.1 Å². The van der Waals surface area contributed by atoms with Crippen molar-refractivity contribution >= 4 is 41.4 Å². The van der Waals surface area contributed by atoms with Gasteiger partial charge in [0.2, 0.25) is 17.7 Å². The van der Waals surface area contributed by atoms with E-state index in [1.54, 1.807) is 27.2 Å². The average Bonchev–Trinajstić information content (AvgIpc) is 4.07. The molecule has 5 aromatic rings. The van der Waals surface area contributed by atoms with E-state index in [0.29, 0.717) is 46.9 Å². The minimum Gasteiger partial charge on any atom is -0.449 e. The number of nitrogens with one attached hydrogen (secondary N) is 1. The van der Waals surface area contributed by atoms with Crippen LogP contribution < -0.4 is 5.32 Å². The quantitative estimate of drug-likeness (QED) is 0.0684. The van der Waals surface area contributed by atoms with E-state index in [-0.39, 0.29) is 24.4 Å². The number of esters is 1. The minimum absolute atomic E-state index is 0.0758. The lowest BCUT2D eigenvalue weighted by Crippen LogP contribution is -2.60. The predicted octanol–water partition coefficient (Wildman–Crippen LogP) is 12.3. The molecule has 0 radical (unpaired) electrons. The Balaban J connectivity index is 1.06. The van der Waals surface area contributed by atoms with E-state index in [4.69, 9.17) is 21.1 Å². The van der Waals surface area contributed by atoms with Crippen molar-refractivity contribution in [3.05, 3.63) is 166 Å². The van der Waals surface area contributed by atoms with Gasteiger partial charge in [-0.1, -0.05) is 198 Å². The van der Waals surface area contributed by atoms with Gasteiger partial charge in [0.25, 0.3) is 0 Å². The van der Waals surface area contributed by atoms with Gasteiger partial charge in [0.15, 0.2) is 5.60 Å². The molecule has 12 heteroatoms. The van der Waals surface area contributed by atoms with Crippen LogP contribution in [0, 0.1) is 11.8 Å². The molecule has 3 aliphatic carbocycles. The summed E-state index contributed by atoms with van der Waals surface area (Å²) in [4.78, 5) is 77.7. The van der Waals surface area contributed by atoms with Crippen LogP contribution in [-0.2, 0) is 34.3 Å². The Morgan fingerprint density at radius 1 is 0.640 bits per heavy atom. The number of hydrogen-bond acceptors (Lipinski definition) is 7. The lowest BCUT2D eigenvalue weighted by molar-refractivity contribution is -0.160. The van der Waals surface area contributed by atoms with Gasteiger partial charge < -0.3 is 29.5 Å². The van der Waals surface area contributed by atoms with Crippen LogP contribution in [0.5, 0.6) is 0 Å². The van der Waals surface area contributed by atoms with E-state index in [2.05, 4.69) is 41.7 Å². The molecule has 1 unspecified atom stereocenters. The van der Waals surface area contributed by atoms with E-state index in [0.717, 1.165) is 47.9 Å². The lowest BCUT2D eigenvalue weighted by Gasteiger charge is -2.40. The zero-order valence-electron chi connectivity index (χ0n) is 44.6. The fraction of sp³-hybridized carbons (Fsp3) is 0.444. The van der Waals surface area contributed by atoms with Crippen LogP contribution in [0.15, 0.2) is 127 Å². The zero-order valence-corrected chi connectivity index (χ0v) is 45.4. The molecule has 0 spiro atoms. The summed E-state index contributed by atoms with van der Waals surface area (Å²) in [5.41, 5.74) is 5.95. The van der Waals surface area contributed by atoms with Crippen molar-refractivity contribution in [1.82, 2.24) is 20.0 Å². The molecule has 0 saturated heterocycles. The highest BCUT2D eigenvalue weighted by atomic mass is 35.5. The first-order chi connectivity index (χ1) is 36.2. The van der Waals surface area contributed by atoms with Crippen molar-refractivity contribution in [3.63, 3.8) is 0 Å². The maximum absolute atomic E-state index is 15.3. The number of benzene rings is 5. The number of halogens is 1. The largest absolute Gasteiger partial charge is 0.449 e. The normalized spacial score (nSPS) is 17.4. The molecule has 8 rings (SSSR count). The number of nitrogens with zero attached hydrogens (tertiary/aromatic N) is 3. The fourth-order valence-electron chi connectivity index (χ4n) is 12.0. The summed E-state index contributed by atoms with van der Waals surface area (Å²) in [5, 5.41) is 3.29. The van der Waals surface area contributed by atoms with Gasteiger partial charge in [-0.05, 0) is 77.3 Å². The number of hydrogen-bond donors (Lipinski definition) is 1. The van der Waals surface area contributed by atoms with Crippen LogP contribution >= 0.6 is 11.6 Å². The molecule has 11 nitrogen and oxygen atoms in total. The second-order valence-corrected chi connectivity index (χ2v) is 21.7. The monoisotopic (exact) mass is 1030 g/mol. The van der Waals surface area contributed by atoms with Gasteiger partial charge in [-0.3, -0.25) is 19.2 Å². The third-order valence-corrected chi connectivity index (χ3v) is 16.8. The number of amides is 4. The molecule has 2 saturated carbocycles. The SMILES string of the molecule is CC[C@H](C)[C@H](NC(=O)OCC1c2ccccc2-c2ccccc21)C(=O)N(C)[C@H](C(=O)N(C)[C@@H](CC(=O)OC(c1ccccc1)(c1ccc(C2CCCCCCC2)cc1)c1ccccc1Cl)C(=O)N(C)C)C1CCCC1. The highest BCUT2D eigenvalue weighted by molar-refractivity contribution is 6.31.